The van der Waals surface area contributed by atoms with Crippen molar-refractivity contribution in [1.29, 1.82) is 0 Å². The van der Waals surface area contributed by atoms with Gasteiger partial charge in [-0.3, -0.25) is 4.79 Å². The summed E-state index contributed by atoms with van der Waals surface area (Å²) in [6, 6.07) is 6.84. The minimum atomic E-state index is -0.472. The van der Waals surface area contributed by atoms with Gasteiger partial charge in [0.1, 0.15) is 5.01 Å². The van der Waals surface area contributed by atoms with Crippen molar-refractivity contribution in [3.63, 3.8) is 0 Å². The lowest BCUT2D eigenvalue weighted by Gasteiger charge is -2.22. The Morgan fingerprint density at radius 1 is 1.28 bits per heavy atom. The van der Waals surface area contributed by atoms with Crippen molar-refractivity contribution in [2.24, 2.45) is 5.92 Å². The molecule has 0 saturated carbocycles. The number of rotatable bonds is 7. The van der Waals surface area contributed by atoms with Gasteiger partial charge in [-0.2, -0.15) is 0 Å². The highest BCUT2D eigenvalue weighted by Crippen LogP contribution is 2.18. The zero-order valence-corrected chi connectivity index (χ0v) is 16.1. The fourth-order valence-electron chi connectivity index (χ4n) is 2.19. The maximum atomic E-state index is 12.8. The van der Waals surface area contributed by atoms with Crippen LogP contribution in [-0.2, 0) is 11.3 Å². The van der Waals surface area contributed by atoms with Gasteiger partial charge in [-0.15, -0.1) is 11.3 Å². The van der Waals surface area contributed by atoms with Gasteiger partial charge in [0.05, 0.1) is 13.7 Å². The van der Waals surface area contributed by atoms with E-state index in [2.05, 4.69) is 23.6 Å². The molecule has 0 unspecified atom stereocenters. The molecular weight excluding hydrogens is 360 g/mol. The fourth-order valence-corrected chi connectivity index (χ4v) is 3.09. The summed E-state index contributed by atoms with van der Waals surface area (Å²) in [4.78, 5) is 30.4. The molecule has 2 rings (SSSR count). The van der Waals surface area contributed by atoms with E-state index in [1.165, 1.54) is 18.4 Å². The van der Waals surface area contributed by atoms with Crippen LogP contribution in [0.5, 0.6) is 0 Å². The molecule has 7 heteroatoms. The topological polar surface area (TPSA) is 59.5 Å². The molecule has 2 aromatic rings. The summed E-state index contributed by atoms with van der Waals surface area (Å²) in [7, 11) is 1.32. The van der Waals surface area contributed by atoms with Gasteiger partial charge in [0.15, 0.2) is 5.69 Å². The van der Waals surface area contributed by atoms with Crippen molar-refractivity contribution in [2.75, 3.05) is 13.7 Å². The minimum Gasteiger partial charge on any atom is -0.464 e. The van der Waals surface area contributed by atoms with Crippen LogP contribution in [-0.4, -0.2) is 35.4 Å². The molecule has 5 nitrogen and oxygen atoms in total. The quantitative estimate of drug-likeness (QED) is 0.673. The van der Waals surface area contributed by atoms with Gasteiger partial charge in [-0.1, -0.05) is 25.4 Å². The molecule has 1 amide bonds. The number of amides is 1. The van der Waals surface area contributed by atoms with E-state index in [1.54, 1.807) is 34.5 Å². The Kier molecular flexibility index (Phi) is 6.96. The van der Waals surface area contributed by atoms with Crippen molar-refractivity contribution in [2.45, 2.75) is 26.8 Å². The van der Waals surface area contributed by atoms with E-state index < -0.39 is 5.97 Å². The summed E-state index contributed by atoms with van der Waals surface area (Å²) in [5.41, 5.74) is 0.850. The Morgan fingerprint density at radius 2 is 1.96 bits per heavy atom. The van der Waals surface area contributed by atoms with Crippen LogP contribution in [0.2, 0.25) is 5.02 Å². The lowest BCUT2D eigenvalue weighted by Crippen LogP contribution is -2.32. The number of halogens is 1. The molecule has 0 fully saturated rings. The average Bonchev–Trinajstić information content (AvgIpc) is 3.06. The van der Waals surface area contributed by atoms with Crippen LogP contribution in [0.15, 0.2) is 29.6 Å². The molecule has 1 heterocycles. The highest BCUT2D eigenvalue weighted by molar-refractivity contribution is 7.09. The van der Waals surface area contributed by atoms with Crippen LogP contribution in [0.25, 0.3) is 0 Å². The second kappa shape index (κ2) is 8.97. The van der Waals surface area contributed by atoms with Gasteiger partial charge in [-0.25, -0.2) is 9.78 Å². The van der Waals surface area contributed by atoms with Crippen molar-refractivity contribution in [3.05, 3.63) is 50.9 Å². The van der Waals surface area contributed by atoms with Crippen molar-refractivity contribution >= 4 is 34.8 Å². The number of thiazole rings is 1. The van der Waals surface area contributed by atoms with Crippen molar-refractivity contribution < 1.29 is 14.3 Å². The highest BCUT2D eigenvalue weighted by atomic mass is 35.5. The molecule has 0 N–H and O–H groups in total. The maximum absolute atomic E-state index is 12.8. The molecule has 0 aliphatic rings. The molecule has 0 bridgehead atoms. The molecule has 134 valence electrons. The molecule has 0 saturated heterocycles. The van der Waals surface area contributed by atoms with E-state index in [1.807, 2.05) is 0 Å². The SMILES string of the molecule is COC(=O)c1csc(CN(CCC(C)C)C(=O)c2ccc(Cl)cc2)n1. The second-order valence-corrected chi connectivity index (χ2v) is 7.41. The third-order valence-electron chi connectivity index (χ3n) is 3.63. The van der Waals surface area contributed by atoms with Crippen molar-refractivity contribution in [3.8, 4) is 0 Å². The predicted molar refractivity (Wildman–Crippen MR) is 99.1 cm³/mol. The van der Waals surface area contributed by atoms with Gasteiger partial charge in [-0.05, 0) is 36.6 Å². The maximum Gasteiger partial charge on any atom is 0.357 e. The second-order valence-electron chi connectivity index (χ2n) is 6.03. The minimum absolute atomic E-state index is 0.0767. The van der Waals surface area contributed by atoms with Crippen molar-refractivity contribution in [1.82, 2.24) is 9.88 Å². The largest absolute Gasteiger partial charge is 0.464 e. The number of carbonyl (C=O) groups is 2. The third kappa shape index (κ3) is 5.54. The monoisotopic (exact) mass is 380 g/mol. The highest BCUT2D eigenvalue weighted by Gasteiger charge is 2.19. The first-order valence-corrected chi connectivity index (χ1v) is 9.24. The van der Waals surface area contributed by atoms with Crippen LogP contribution >= 0.6 is 22.9 Å². The first-order valence-electron chi connectivity index (χ1n) is 7.98. The average molecular weight is 381 g/mol. The van der Waals surface area contributed by atoms with Crippen LogP contribution in [0.4, 0.5) is 0 Å². The van der Waals surface area contributed by atoms with Crippen LogP contribution < -0.4 is 0 Å². The third-order valence-corrected chi connectivity index (χ3v) is 4.71. The molecule has 25 heavy (non-hydrogen) atoms. The summed E-state index contributed by atoms with van der Waals surface area (Å²) in [5, 5.41) is 2.94. The molecule has 1 aromatic carbocycles. The number of methoxy groups -OCH3 is 1. The first-order chi connectivity index (χ1) is 11.9. The van der Waals surface area contributed by atoms with Gasteiger partial charge < -0.3 is 9.64 Å². The number of esters is 1. The smallest absolute Gasteiger partial charge is 0.357 e. The van der Waals surface area contributed by atoms with E-state index in [0.717, 1.165) is 6.42 Å². The Balaban J connectivity index is 2.17. The molecule has 0 radical (unpaired) electrons. The first kappa shape index (κ1) is 19.4. The van der Waals surface area contributed by atoms with Crippen LogP contribution in [0.1, 0.15) is 46.1 Å². The number of benzene rings is 1. The number of ether oxygens (including phenoxy) is 1. The summed E-state index contributed by atoms with van der Waals surface area (Å²) in [6.07, 6.45) is 0.883. The molecule has 1 aromatic heterocycles. The molecule has 0 aliphatic heterocycles. The summed E-state index contributed by atoms with van der Waals surface area (Å²) in [5.74, 6) is -0.0742. The number of hydrogen-bond donors (Lipinski definition) is 0. The molecule has 0 aliphatic carbocycles. The molecule has 0 spiro atoms. The van der Waals surface area contributed by atoms with Crippen LogP contribution in [0.3, 0.4) is 0 Å². The lowest BCUT2D eigenvalue weighted by atomic mass is 10.1. The van der Waals surface area contributed by atoms with Gasteiger partial charge in [0.2, 0.25) is 0 Å². The summed E-state index contributed by atoms with van der Waals surface area (Å²) in [6.45, 7) is 5.20. The van der Waals surface area contributed by atoms with Crippen LogP contribution in [0, 0.1) is 5.92 Å². The normalized spacial score (nSPS) is 10.8. The summed E-state index contributed by atoms with van der Waals surface area (Å²) >= 11 is 7.24. The predicted octanol–water partition coefficient (Wildman–Crippen LogP) is 4.27. The van der Waals surface area contributed by atoms with E-state index in [9.17, 15) is 9.59 Å². The van der Waals surface area contributed by atoms with E-state index in [4.69, 9.17) is 11.6 Å². The van der Waals surface area contributed by atoms with Gasteiger partial charge in [0.25, 0.3) is 5.91 Å². The van der Waals surface area contributed by atoms with Gasteiger partial charge in [0, 0.05) is 22.5 Å². The van der Waals surface area contributed by atoms with E-state index in [-0.39, 0.29) is 11.6 Å². The standard InChI is InChI=1S/C18H21ClN2O3S/c1-12(2)8-9-21(17(22)13-4-6-14(19)7-5-13)10-16-20-15(11-25-16)18(23)24-3/h4-7,11-12H,8-10H2,1-3H3. The Labute approximate surface area is 156 Å². The number of nitrogens with zero attached hydrogens (tertiary/aromatic N) is 2. The lowest BCUT2D eigenvalue weighted by molar-refractivity contribution is 0.0594. The van der Waals surface area contributed by atoms with E-state index >= 15 is 0 Å². The number of carbonyl (C=O) groups excluding carboxylic acids is 2. The summed E-state index contributed by atoms with van der Waals surface area (Å²) < 4.78 is 4.67. The zero-order valence-electron chi connectivity index (χ0n) is 14.5. The number of hydrogen-bond acceptors (Lipinski definition) is 5. The van der Waals surface area contributed by atoms with Gasteiger partial charge >= 0.3 is 5.97 Å². The van der Waals surface area contributed by atoms with E-state index in [0.29, 0.717) is 34.6 Å². The Hall–Kier alpha value is -1.92. The number of aromatic nitrogens is 1. The zero-order chi connectivity index (χ0) is 18.4. The Morgan fingerprint density at radius 3 is 2.56 bits per heavy atom. The Bertz CT molecular complexity index is 728. The fraction of sp³-hybridized carbons (Fsp3) is 0.389. The molecule has 0 atom stereocenters. The molecular formula is C18H21ClN2O3S.